The summed E-state index contributed by atoms with van der Waals surface area (Å²) in [5, 5.41) is 4.18. The van der Waals surface area contributed by atoms with Gasteiger partial charge in [0.2, 0.25) is 5.91 Å². The first-order chi connectivity index (χ1) is 14.4. The average molecular weight is 409 g/mol. The van der Waals surface area contributed by atoms with E-state index in [1.54, 1.807) is 35.1 Å². The van der Waals surface area contributed by atoms with Crippen LogP contribution in [0.4, 0.5) is 5.69 Å². The molecule has 2 saturated heterocycles. The lowest BCUT2D eigenvalue weighted by atomic mass is 10.0. The quantitative estimate of drug-likeness (QED) is 0.717. The van der Waals surface area contributed by atoms with Gasteiger partial charge in [-0.2, -0.15) is 5.10 Å². The number of piperidine rings is 1. The number of amides is 2. The Morgan fingerprint density at radius 2 is 1.67 bits per heavy atom. The van der Waals surface area contributed by atoms with Gasteiger partial charge in [0.05, 0.1) is 17.9 Å². The second-order valence-corrected chi connectivity index (χ2v) is 7.98. The molecule has 2 aliphatic heterocycles. The van der Waals surface area contributed by atoms with Crippen LogP contribution in [0.1, 0.15) is 40.5 Å². The summed E-state index contributed by atoms with van der Waals surface area (Å²) >= 11 is 0. The summed E-state index contributed by atoms with van der Waals surface area (Å²) < 4.78 is 1.71. The van der Waals surface area contributed by atoms with Gasteiger partial charge in [0.1, 0.15) is 0 Å². The fraction of sp³-hybridized carbons (Fsp3) is 0.455. The Morgan fingerprint density at radius 1 is 1.00 bits per heavy atom. The van der Waals surface area contributed by atoms with E-state index >= 15 is 0 Å². The number of hydrogen-bond acceptors (Lipinski definition) is 5. The van der Waals surface area contributed by atoms with Gasteiger partial charge in [0.25, 0.3) is 5.91 Å². The third-order valence-corrected chi connectivity index (χ3v) is 5.99. The number of piperazine rings is 1. The van der Waals surface area contributed by atoms with E-state index in [2.05, 4.69) is 10.00 Å². The van der Waals surface area contributed by atoms with E-state index in [0.717, 1.165) is 25.1 Å². The van der Waals surface area contributed by atoms with Gasteiger partial charge in [-0.05, 0) is 31.9 Å². The van der Waals surface area contributed by atoms with Crippen LogP contribution in [0.15, 0.2) is 36.7 Å². The molecule has 0 saturated carbocycles. The number of hydrogen-bond donors (Lipinski definition) is 0. The Labute approximate surface area is 176 Å². The molecule has 1 atom stereocenters. The zero-order valence-corrected chi connectivity index (χ0v) is 17.5. The molecule has 0 aliphatic carbocycles. The first kappa shape index (κ1) is 20.3. The van der Waals surface area contributed by atoms with Crippen LogP contribution in [0.2, 0.25) is 0 Å². The molecule has 158 valence electrons. The largest absolute Gasteiger partial charge is 0.336 e. The number of ketones is 1. The zero-order chi connectivity index (χ0) is 21.3. The van der Waals surface area contributed by atoms with Gasteiger partial charge in [-0.1, -0.05) is 12.1 Å². The lowest BCUT2D eigenvalue weighted by Gasteiger charge is -2.42. The van der Waals surface area contributed by atoms with E-state index < -0.39 is 0 Å². The number of aromatic nitrogens is 2. The van der Waals surface area contributed by atoms with Crippen LogP contribution in [0.3, 0.4) is 0 Å². The molecule has 8 nitrogen and oxygen atoms in total. The van der Waals surface area contributed by atoms with Gasteiger partial charge in [-0.3, -0.25) is 24.0 Å². The first-order valence-electron chi connectivity index (χ1n) is 10.4. The van der Waals surface area contributed by atoms with Crippen molar-refractivity contribution in [3.63, 3.8) is 0 Å². The maximum absolute atomic E-state index is 13.1. The highest BCUT2D eigenvalue weighted by Gasteiger charge is 2.36. The van der Waals surface area contributed by atoms with Crippen molar-refractivity contribution in [2.24, 2.45) is 7.05 Å². The summed E-state index contributed by atoms with van der Waals surface area (Å²) in [5.41, 5.74) is 2.03. The minimum absolute atomic E-state index is 0.0138. The van der Waals surface area contributed by atoms with E-state index in [4.69, 9.17) is 0 Å². The third kappa shape index (κ3) is 4.00. The minimum Gasteiger partial charge on any atom is -0.336 e. The highest BCUT2D eigenvalue weighted by molar-refractivity contribution is 5.98. The van der Waals surface area contributed by atoms with Gasteiger partial charge >= 0.3 is 0 Å². The SMILES string of the molecule is CC(=O)c1ccc(C(=O)N2CCN([C@H]3CCCN(c4cnn(C)c4)C3=O)CC2)cc1. The number of anilines is 1. The van der Waals surface area contributed by atoms with Crippen LogP contribution in [0.25, 0.3) is 0 Å². The van der Waals surface area contributed by atoms with Crippen LogP contribution in [0.5, 0.6) is 0 Å². The van der Waals surface area contributed by atoms with Crippen molar-refractivity contribution in [3.05, 3.63) is 47.8 Å². The van der Waals surface area contributed by atoms with E-state index in [-0.39, 0.29) is 23.6 Å². The number of carbonyl (C=O) groups excluding carboxylic acids is 3. The molecule has 2 aliphatic rings. The Balaban J connectivity index is 1.37. The molecule has 1 aromatic carbocycles. The average Bonchev–Trinajstić information content (AvgIpc) is 3.19. The van der Waals surface area contributed by atoms with Gasteiger partial charge < -0.3 is 9.80 Å². The van der Waals surface area contributed by atoms with Crippen LogP contribution < -0.4 is 4.90 Å². The van der Waals surface area contributed by atoms with Crippen LogP contribution in [-0.2, 0) is 11.8 Å². The molecule has 30 heavy (non-hydrogen) atoms. The van der Waals surface area contributed by atoms with Crippen molar-refractivity contribution >= 4 is 23.3 Å². The van der Waals surface area contributed by atoms with Gasteiger partial charge in [0, 0.05) is 57.1 Å². The van der Waals surface area contributed by atoms with Crippen molar-refractivity contribution in [2.45, 2.75) is 25.8 Å². The summed E-state index contributed by atoms with van der Waals surface area (Å²) in [6.45, 7) is 4.75. The predicted octanol–water partition coefficient (Wildman–Crippen LogP) is 1.58. The monoisotopic (exact) mass is 409 g/mol. The van der Waals surface area contributed by atoms with Crippen molar-refractivity contribution < 1.29 is 14.4 Å². The van der Waals surface area contributed by atoms with Crippen molar-refractivity contribution in [1.29, 1.82) is 0 Å². The van der Waals surface area contributed by atoms with Crippen molar-refractivity contribution in [2.75, 3.05) is 37.6 Å². The first-order valence-corrected chi connectivity index (χ1v) is 10.4. The van der Waals surface area contributed by atoms with Gasteiger partial charge in [-0.25, -0.2) is 0 Å². The molecule has 0 N–H and O–H groups in total. The number of rotatable bonds is 4. The molecule has 0 radical (unpaired) electrons. The number of nitrogens with zero attached hydrogens (tertiary/aromatic N) is 5. The van der Waals surface area contributed by atoms with Crippen LogP contribution >= 0.6 is 0 Å². The summed E-state index contributed by atoms with van der Waals surface area (Å²) in [7, 11) is 1.85. The molecule has 0 unspecified atom stereocenters. The van der Waals surface area contributed by atoms with E-state index in [1.165, 1.54) is 6.92 Å². The highest BCUT2D eigenvalue weighted by atomic mass is 16.2. The third-order valence-electron chi connectivity index (χ3n) is 5.99. The molecule has 0 bridgehead atoms. The molecule has 2 amide bonds. The number of benzene rings is 1. The molecule has 8 heteroatoms. The molecule has 2 fully saturated rings. The summed E-state index contributed by atoms with van der Waals surface area (Å²) in [6.07, 6.45) is 5.39. The summed E-state index contributed by atoms with van der Waals surface area (Å²) in [5.74, 6) is 0.0747. The fourth-order valence-electron chi connectivity index (χ4n) is 4.27. The number of aryl methyl sites for hydroxylation is 1. The molecule has 0 spiro atoms. The zero-order valence-electron chi connectivity index (χ0n) is 17.5. The normalized spacial score (nSPS) is 20.5. The molecular formula is C22H27N5O3. The molecule has 3 heterocycles. The molecule has 4 rings (SSSR count). The Hall–Kier alpha value is -3.00. The maximum Gasteiger partial charge on any atom is 0.253 e. The Morgan fingerprint density at radius 3 is 2.27 bits per heavy atom. The van der Waals surface area contributed by atoms with E-state index in [9.17, 15) is 14.4 Å². The van der Waals surface area contributed by atoms with Crippen molar-refractivity contribution in [1.82, 2.24) is 19.6 Å². The summed E-state index contributed by atoms with van der Waals surface area (Å²) in [4.78, 5) is 43.2. The standard InChI is InChI=1S/C22H27N5O3/c1-16(28)17-5-7-18(8-6-17)21(29)26-12-10-25(11-13-26)20-4-3-9-27(22(20)30)19-14-23-24(2)15-19/h5-8,14-15,20H,3-4,9-13H2,1-2H3/t20-/m0/s1. The predicted molar refractivity (Wildman–Crippen MR) is 113 cm³/mol. The van der Waals surface area contributed by atoms with E-state index in [0.29, 0.717) is 37.3 Å². The van der Waals surface area contributed by atoms with Crippen LogP contribution in [-0.4, -0.2) is 75.9 Å². The molecular weight excluding hydrogens is 382 g/mol. The Bertz CT molecular complexity index is 944. The maximum atomic E-state index is 13.1. The molecule has 2 aromatic rings. The smallest absolute Gasteiger partial charge is 0.253 e. The van der Waals surface area contributed by atoms with Crippen LogP contribution in [0, 0.1) is 0 Å². The topological polar surface area (TPSA) is 78.8 Å². The number of Topliss-reactive ketones (excluding diaryl/α,β-unsaturated/α-hetero) is 1. The lowest BCUT2D eigenvalue weighted by molar-refractivity contribution is -0.126. The van der Waals surface area contributed by atoms with E-state index in [1.807, 2.05) is 23.0 Å². The Kier molecular flexibility index (Phi) is 5.67. The van der Waals surface area contributed by atoms with Gasteiger partial charge in [0.15, 0.2) is 5.78 Å². The number of carbonyl (C=O) groups is 3. The van der Waals surface area contributed by atoms with Crippen molar-refractivity contribution in [3.8, 4) is 0 Å². The fourth-order valence-corrected chi connectivity index (χ4v) is 4.27. The second-order valence-electron chi connectivity index (χ2n) is 7.98. The highest BCUT2D eigenvalue weighted by Crippen LogP contribution is 2.24. The second kappa shape index (κ2) is 8.39. The van der Waals surface area contributed by atoms with Gasteiger partial charge in [-0.15, -0.1) is 0 Å². The minimum atomic E-state index is -0.147. The summed E-state index contributed by atoms with van der Waals surface area (Å²) in [6, 6.07) is 6.66. The molecule has 1 aromatic heterocycles. The lowest BCUT2D eigenvalue weighted by Crippen LogP contribution is -2.58.